The van der Waals surface area contributed by atoms with Crippen LogP contribution in [0.2, 0.25) is 5.02 Å². The number of aromatic nitrogens is 2. The lowest BCUT2D eigenvalue weighted by atomic mass is 9.96. The van der Waals surface area contributed by atoms with E-state index in [9.17, 15) is 9.18 Å². The maximum absolute atomic E-state index is 13.1. The monoisotopic (exact) mass is 348 g/mol. The van der Waals surface area contributed by atoms with Crippen LogP contribution in [0.1, 0.15) is 42.6 Å². The molecule has 1 heterocycles. The predicted molar refractivity (Wildman–Crippen MR) is 91.9 cm³/mol. The third-order valence-corrected chi connectivity index (χ3v) is 4.31. The van der Waals surface area contributed by atoms with E-state index < -0.39 is 11.7 Å². The highest BCUT2D eigenvalue weighted by Gasteiger charge is 2.14. The molecule has 1 saturated carbocycles. The van der Waals surface area contributed by atoms with Crippen LogP contribution in [-0.4, -0.2) is 21.9 Å². The molecule has 0 atom stereocenters. The Morgan fingerprint density at radius 2 is 1.96 bits per heavy atom. The Morgan fingerprint density at radius 3 is 2.62 bits per heavy atom. The van der Waals surface area contributed by atoms with E-state index in [0.717, 1.165) is 12.8 Å². The number of benzene rings is 1. The van der Waals surface area contributed by atoms with E-state index in [1.54, 1.807) is 6.20 Å². The number of carbonyl (C=O) groups is 1. The molecule has 1 aliphatic rings. The van der Waals surface area contributed by atoms with Gasteiger partial charge in [-0.1, -0.05) is 30.9 Å². The smallest absolute Gasteiger partial charge is 0.275 e. The van der Waals surface area contributed by atoms with Crippen LogP contribution in [0.3, 0.4) is 0 Å². The minimum absolute atomic E-state index is 0.0501. The van der Waals surface area contributed by atoms with E-state index in [1.165, 1.54) is 43.7 Å². The largest absolute Gasteiger partial charge is 0.366 e. The third-order valence-electron chi connectivity index (χ3n) is 4.02. The molecule has 1 aliphatic carbocycles. The van der Waals surface area contributed by atoms with Crippen LogP contribution in [0.25, 0.3) is 0 Å². The molecule has 1 amide bonds. The zero-order valence-electron chi connectivity index (χ0n) is 13.1. The maximum Gasteiger partial charge on any atom is 0.275 e. The number of hydrogen-bond donors (Lipinski definition) is 2. The maximum atomic E-state index is 13.1. The van der Waals surface area contributed by atoms with Crippen LogP contribution >= 0.6 is 11.6 Å². The Balaban J connectivity index is 1.61. The van der Waals surface area contributed by atoms with Gasteiger partial charge in [0.15, 0.2) is 0 Å². The fraction of sp³-hybridized carbons (Fsp3) is 0.353. The van der Waals surface area contributed by atoms with Gasteiger partial charge in [-0.05, 0) is 31.0 Å². The fourth-order valence-corrected chi connectivity index (χ4v) is 2.93. The second-order valence-electron chi connectivity index (χ2n) is 5.85. The Morgan fingerprint density at radius 1 is 1.17 bits per heavy atom. The van der Waals surface area contributed by atoms with Crippen molar-refractivity contribution in [1.29, 1.82) is 0 Å². The summed E-state index contributed by atoms with van der Waals surface area (Å²) in [5, 5.41) is 5.91. The van der Waals surface area contributed by atoms with Crippen molar-refractivity contribution in [2.24, 2.45) is 0 Å². The van der Waals surface area contributed by atoms with Crippen molar-refractivity contribution in [2.45, 2.75) is 38.1 Å². The van der Waals surface area contributed by atoms with Crippen molar-refractivity contribution in [3.05, 3.63) is 47.1 Å². The van der Waals surface area contributed by atoms with Crippen LogP contribution < -0.4 is 10.6 Å². The first-order valence-corrected chi connectivity index (χ1v) is 8.34. The summed E-state index contributed by atoms with van der Waals surface area (Å²) in [4.78, 5) is 20.5. The molecule has 24 heavy (non-hydrogen) atoms. The van der Waals surface area contributed by atoms with Crippen LogP contribution in [-0.2, 0) is 0 Å². The van der Waals surface area contributed by atoms with Gasteiger partial charge in [-0.2, -0.15) is 0 Å². The number of nitrogens with one attached hydrogen (secondary N) is 2. The van der Waals surface area contributed by atoms with Gasteiger partial charge in [0.25, 0.3) is 5.91 Å². The van der Waals surface area contributed by atoms with E-state index in [4.69, 9.17) is 11.6 Å². The summed E-state index contributed by atoms with van der Waals surface area (Å²) in [6.07, 6.45) is 8.99. The Hall–Kier alpha value is -2.21. The molecule has 0 saturated heterocycles. The van der Waals surface area contributed by atoms with E-state index >= 15 is 0 Å². The van der Waals surface area contributed by atoms with E-state index in [2.05, 4.69) is 20.6 Å². The van der Waals surface area contributed by atoms with Gasteiger partial charge in [-0.25, -0.2) is 14.4 Å². The van der Waals surface area contributed by atoms with Crippen LogP contribution in [0.15, 0.2) is 30.6 Å². The molecule has 1 aromatic carbocycles. The van der Waals surface area contributed by atoms with Crippen molar-refractivity contribution in [3.63, 3.8) is 0 Å². The molecule has 3 rings (SSSR count). The predicted octanol–water partition coefficient (Wildman–Crippen LogP) is 4.27. The minimum Gasteiger partial charge on any atom is -0.366 e. The van der Waals surface area contributed by atoms with Crippen molar-refractivity contribution in [1.82, 2.24) is 9.97 Å². The van der Waals surface area contributed by atoms with Gasteiger partial charge in [0.1, 0.15) is 17.3 Å². The molecule has 5 nitrogen and oxygen atoms in total. The molecule has 2 aromatic rings. The lowest BCUT2D eigenvalue weighted by Crippen LogP contribution is -2.23. The van der Waals surface area contributed by atoms with Crippen LogP contribution in [0.4, 0.5) is 15.9 Å². The highest BCUT2D eigenvalue weighted by molar-refractivity contribution is 6.31. The number of hydrogen-bond acceptors (Lipinski definition) is 4. The lowest BCUT2D eigenvalue weighted by Gasteiger charge is -2.23. The second-order valence-corrected chi connectivity index (χ2v) is 6.26. The van der Waals surface area contributed by atoms with Gasteiger partial charge >= 0.3 is 0 Å². The molecule has 0 unspecified atom stereocenters. The molecule has 0 bridgehead atoms. The number of carbonyl (C=O) groups excluding carboxylic acids is 1. The van der Waals surface area contributed by atoms with Crippen molar-refractivity contribution < 1.29 is 9.18 Å². The first-order valence-electron chi connectivity index (χ1n) is 7.97. The van der Waals surface area contributed by atoms with Gasteiger partial charge in [0, 0.05) is 11.7 Å². The average molecular weight is 349 g/mol. The summed E-state index contributed by atoms with van der Waals surface area (Å²) in [7, 11) is 0. The van der Waals surface area contributed by atoms with Crippen LogP contribution in [0, 0.1) is 5.82 Å². The van der Waals surface area contributed by atoms with Crippen LogP contribution in [0.5, 0.6) is 0 Å². The minimum atomic E-state index is -0.535. The Bertz CT molecular complexity index is 717. The highest BCUT2D eigenvalue weighted by atomic mass is 35.5. The number of anilines is 2. The van der Waals surface area contributed by atoms with Gasteiger partial charge < -0.3 is 10.6 Å². The van der Waals surface area contributed by atoms with E-state index in [0.29, 0.717) is 17.5 Å². The number of halogens is 2. The molecular weight excluding hydrogens is 331 g/mol. The third kappa shape index (κ3) is 4.20. The number of rotatable bonds is 4. The summed E-state index contributed by atoms with van der Waals surface area (Å²) in [5.74, 6) is -0.287. The molecule has 0 spiro atoms. The van der Waals surface area contributed by atoms with Crippen molar-refractivity contribution in [2.75, 3.05) is 10.6 Å². The van der Waals surface area contributed by atoms with Crippen molar-refractivity contribution in [3.8, 4) is 0 Å². The summed E-state index contributed by atoms with van der Waals surface area (Å²) < 4.78 is 13.1. The van der Waals surface area contributed by atoms with Gasteiger partial charge in [0.2, 0.25) is 0 Å². The molecule has 1 fully saturated rings. The standard InChI is InChI=1S/C17H18ClFN4O/c18-13-8-12(6-7-14(13)19)23-17(24)15-9-21-16(10-20-15)22-11-4-2-1-3-5-11/h6-11H,1-5H2,(H,21,22)(H,23,24). The average Bonchev–Trinajstić information content (AvgIpc) is 2.60. The Kier molecular flexibility index (Phi) is 5.25. The van der Waals surface area contributed by atoms with E-state index in [-0.39, 0.29) is 10.7 Å². The first-order chi connectivity index (χ1) is 11.6. The van der Waals surface area contributed by atoms with E-state index in [1.807, 2.05) is 0 Å². The number of nitrogens with zero attached hydrogens (tertiary/aromatic N) is 2. The first kappa shape index (κ1) is 16.6. The van der Waals surface area contributed by atoms with Crippen molar-refractivity contribution >= 4 is 29.0 Å². The Labute approximate surface area is 144 Å². The molecule has 126 valence electrons. The highest BCUT2D eigenvalue weighted by Crippen LogP contribution is 2.21. The quantitative estimate of drug-likeness (QED) is 0.866. The second kappa shape index (κ2) is 7.57. The SMILES string of the molecule is O=C(Nc1ccc(F)c(Cl)c1)c1cnc(NC2CCCCC2)cn1. The lowest BCUT2D eigenvalue weighted by molar-refractivity contribution is 0.102. The van der Waals surface area contributed by atoms with Gasteiger partial charge in [0.05, 0.1) is 17.4 Å². The summed E-state index contributed by atoms with van der Waals surface area (Å²) >= 11 is 5.69. The topological polar surface area (TPSA) is 66.9 Å². The number of amides is 1. The summed E-state index contributed by atoms with van der Waals surface area (Å²) in [6, 6.07) is 4.40. The molecule has 0 aliphatic heterocycles. The fourth-order valence-electron chi connectivity index (χ4n) is 2.74. The zero-order valence-corrected chi connectivity index (χ0v) is 13.8. The molecule has 7 heteroatoms. The molecule has 0 radical (unpaired) electrons. The summed E-state index contributed by atoms with van der Waals surface area (Å²) in [5.41, 5.74) is 0.585. The normalized spacial score (nSPS) is 15.1. The molecular formula is C17H18ClFN4O. The van der Waals surface area contributed by atoms with Gasteiger partial charge in [-0.3, -0.25) is 4.79 Å². The zero-order chi connectivity index (χ0) is 16.9. The summed E-state index contributed by atoms with van der Waals surface area (Å²) in [6.45, 7) is 0. The molecule has 1 aromatic heterocycles. The molecule has 2 N–H and O–H groups in total. The van der Waals surface area contributed by atoms with Gasteiger partial charge in [-0.15, -0.1) is 0 Å².